The van der Waals surface area contributed by atoms with Crippen molar-refractivity contribution in [2.75, 3.05) is 7.11 Å². The van der Waals surface area contributed by atoms with Crippen molar-refractivity contribution in [2.45, 2.75) is 12.8 Å². The fraction of sp³-hybridized carbons (Fsp3) is 0.273. The second-order valence-electron chi connectivity index (χ2n) is 3.27. The number of halogens is 1. The molecule has 0 bridgehead atoms. The third kappa shape index (κ3) is 3.05. The quantitative estimate of drug-likeness (QED) is 0.778. The molecule has 0 saturated carbocycles. The van der Waals surface area contributed by atoms with Crippen LogP contribution in [0.25, 0.3) is 0 Å². The Bertz CT molecular complexity index is 418. The zero-order valence-corrected chi connectivity index (χ0v) is 8.83. The second kappa shape index (κ2) is 5.25. The van der Waals surface area contributed by atoms with Crippen LogP contribution in [0.4, 0.5) is 4.39 Å². The zero-order chi connectivity index (χ0) is 12.1. The Morgan fingerprint density at radius 2 is 2.12 bits per heavy atom. The van der Waals surface area contributed by atoms with Gasteiger partial charge in [0.15, 0.2) is 0 Å². The molecule has 0 aromatic heterocycles. The molecule has 1 amide bonds. The lowest BCUT2D eigenvalue weighted by molar-refractivity contribution is -0.117. The van der Waals surface area contributed by atoms with Gasteiger partial charge in [-0.15, -0.1) is 0 Å². The van der Waals surface area contributed by atoms with E-state index < -0.39 is 17.7 Å². The third-order valence-corrected chi connectivity index (χ3v) is 2.10. The third-order valence-electron chi connectivity index (χ3n) is 2.10. The molecular formula is C11H12FNO3. The highest BCUT2D eigenvalue weighted by molar-refractivity contribution is 5.89. The number of amides is 1. The minimum Gasteiger partial charge on any atom is -0.465 e. The monoisotopic (exact) mass is 225 g/mol. The molecule has 0 atom stereocenters. The van der Waals surface area contributed by atoms with Crippen molar-refractivity contribution >= 4 is 11.9 Å². The molecule has 0 unspecified atom stereocenters. The first-order chi connectivity index (χ1) is 7.54. The van der Waals surface area contributed by atoms with Crippen LogP contribution in [0, 0.1) is 5.82 Å². The molecule has 2 N–H and O–H groups in total. The van der Waals surface area contributed by atoms with Crippen molar-refractivity contribution in [2.24, 2.45) is 5.73 Å². The first-order valence-corrected chi connectivity index (χ1v) is 4.69. The molecule has 86 valence electrons. The van der Waals surface area contributed by atoms with Gasteiger partial charge < -0.3 is 10.5 Å². The molecule has 1 aromatic rings. The fourth-order valence-electron chi connectivity index (χ4n) is 1.26. The number of nitrogens with two attached hydrogens (primary N) is 1. The van der Waals surface area contributed by atoms with Gasteiger partial charge in [0.25, 0.3) is 0 Å². The zero-order valence-electron chi connectivity index (χ0n) is 8.83. The second-order valence-corrected chi connectivity index (χ2v) is 3.27. The summed E-state index contributed by atoms with van der Waals surface area (Å²) in [5.41, 5.74) is 5.47. The van der Waals surface area contributed by atoms with E-state index >= 15 is 0 Å². The van der Waals surface area contributed by atoms with Crippen LogP contribution in [0.2, 0.25) is 0 Å². The predicted octanol–water partition coefficient (Wildman–Crippen LogP) is 1.03. The highest BCUT2D eigenvalue weighted by atomic mass is 19.1. The first kappa shape index (κ1) is 12.2. The van der Waals surface area contributed by atoms with Crippen LogP contribution < -0.4 is 5.73 Å². The molecule has 1 aromatic carbocycles. The van der Waals surface area contributed by atoms with Gasteiger partial charge in [-0.2, -0.15) is 0 Å². The highest BCUT2D eigenvalue weighted by Gasteiger charge is 2.12. The van der Waals surface area contributed by atoms with Gasteiger partial charge in [-0.05, 0) is 24.1 Å². The Kier molecular flexibility index (Phi) is 3.99. The van der Waals surface area contributed by atoms with E-state index in [4.69, 9.17) is 5.73 Å². The van der Waals surface area contributed by atoms with Gasteiger partial charge in [-0.3, -0.25) is 4.79 Å². The van der Waals surface area contributed by atoms with Crippen molar-refractivity contribution in [1.29, 1.82) is 0 Å². The molecule has 0 saturated heterocycles. The maximum atomic E-state index is 13.4. The van der Waals surface area contributed by atoms with E-state index in [1.807, 2.05) is 0 Å². The van der Waals surface area contributed by atoms with Crippen molar-refractivity contribution < 1.29 is 18.7 Å². The standard InChI is InChI=1S/C11H12FNO3/c1-16-11(15)8-4-2-7(6-9(8)12)3-5-10(13)14/h2,4,6H,3,5H2,1H3,(H2,13,14). The molecule has 0 fully saturated rings. The molecule has 0 aliphatic rings. The van der Waals surface area contributed by atoms with Crippen LogP contribution in [0.3, 0.4) is 0 Å². The Balaban J connectivity index is 2.82. The van der Waals surface area contributed by atoms with Gasteiger partial charge in [0.05, 0.1) is 12.7 Å². The summed E-state index contributed by atoms with van der Waals surface area (Å²) in [6.07, 6.45) is 0.505. The first-order valence-electron chi connectivity index (χ1n) is 4.69. The lowest BCUT2D eigenvalue weighted by Crippen LogP contribution is -2.11. The molecule has 5 heteroatoms. The lowest BCUT2D eigenvalue weighted by Gasteiger charge is -2.03. The highest BCUT2D eigenvalue weighted by Crippen LogP contribution is 2.12. The number of aryl methyl sites for hydroxylation is 1. The number of ether oxygens (including phenoxy) is 1. The Morgan fingerprint density at radius 1 is 1.44 bits per heavy atom. The Morgan fingerprint density at radius 3 is 2.62 bits per heavy atom. The summed E-state index contributed by atoms with van der Waals surface area (Å²) in [7, 11) is 1.18. The molecule has 16 heavy (non-hydrogen) atoms. The number of rotatable bonds is 4. The van der Waals surface area contributed by atoms with E-state index in [-0.39, 0.29) is 12.0 Å². The summed E-state index contributed by atoms with van der Waals surface area (Å²) in [5, 5.41) is 0. The van der Waals surface area contributed by atoms with Gasteiger partial charge in [0.2, 0.25) is 5.91 Å². The van der Waals surface area contributed by atoms with E-state index in [0.29, 0.717) is 12.0 Å². The SMILES string of the molecule is COC(=O)c1ccc(CCC(N)=O)cc1F. The van der Waals surface area contributed by atoms with Crippen LogP contribution in [0.15, 0.2) is 18.2 Å². The summed E-state index contributed by atoms with van der Waals surface area (Å²) in [5.74, 6) is -1.83. The van der Waals surface area contributed by atoms with Gasteiger partial charge in [-0.25, -0.2) is 9.18 Å². The van der Waals surface area contributed by atoms with Crippen LogP contribution in [-0.4, -0.2) is 19.0 Å². The van der Waals surface area contributed by atoms with E-state index in [1.54, 1.807) is 6.07 Å². The van der Waals surface area contributed by atoms with Crippen molar-refractivity contribution in [3.05, 3.63) is 35.1 Å². The van der Waals surface area contributed by atoms with Gasteiger partial charge >= 0.3 is 5.97 Å². The Hall–Kier alpha value is -1.91. The number of esters is 1. The number of primary amides is 1. The normalized spacial score (nSPS) is 9.88. The molecule has 0 aliphatic carbocycles. The van der Waals surface area contributed by atoms with Crippen LogP contribution in [0.5, 0.6) is 0 Å². The predicted molar refractivity (Wildman–Crippen MR) is 55.3 cm³/mol. The molecule has 1 rings (SSSR count). The number of carbonyl (C=O) groups excluding carboxylic acids is 2. The molecule has 0 radical (unpaired) electrons. The van der Waals surface area contributed by atoms with Gasteiger partial charge in [-0.1, -0.05) is 6.07 Å². The van der Waals surface area contributed by atoms with Gasteiger partial charge in [0, 0.05) is 6.42 Å². The van der Waals surface area contributed by atoms with Crippen molar-refractivity contribution in [3.8, 4) is 0 Å². The lowest BCUT2D eigenvalue weighted by atomic mass is 10.1. The fourth-order valence-corrected chi connectivity index (χ4v) is 1.26. The average Bonchev–Trinajstić information content (AvgIpc) is 2.25. The minimum absolute atomic E-state index is 0.120. The maximum absolute atomic E-state index is 13.4. The largest absolute Gasteiger partial charge is 0.465 e. The van der Waals surface area contributed by atoms with Gasteiger partial charge in [0.1, 0.15) is 5.82 Å². The maximum Gasteiger partial charge on any atom is 0.340 e. The van der Waals surface area contributed by atoms with Crippen molar-refractivity contribution in [3.63, 3.8) is 0 Å². The minimum atomic E-state index is -0.723. The smallest absolute Gasteiger partial charge is 0.340 e. The topological polar surface area (TPSA) is 69.4 Å². The van der Waals surface area contributed by atoms with E-state index in [0.717, 1.165) is 0 Å². The molecule has 0 aliphatic heterocycles. The molecular weight excluding hydrogens is 213 g/mol. The average molecular weight is 225 g/mol. The van der Waals surface area contributed by atoms with E-state index in [9.17, 15) is 14.0 Å². The molecule has 0 spiro atoms. The summed E-state index contributed by atoms with van der Waals surface area (Å²) in [6, 6.07) is 4.10. The summed E-state index contributed by atoms with van der Waals surface area (Å²) >= 11 is 0. The van der Waals surface area contributed by atoms with E-state index in [1.165, 1.54) is 19.2 Å². The summed E-state index contributed by atoms with van der Waals surface area (Å²) in [4.78, 5) is 21.6. The van der Waals surface area contributed by atoms with Crippen LogP contribution in [0.1, 0.15) is 22.3 Å². The van der Waals surface area contributed by atoms with E-state index in [2.05, 4.69) is 4.74 Å². The van der Waals surface area contributed by atoms with Crippen LogP contribution in [-0.2, 0) is 16.0 Å². The number of hydrogen-bond acceptors (Lipinski definition) is 3. The number of carbonyl (C=O) groups is 2. The molecule has 4 nitrogen and oxygen atoms in total. The Labute approximate surface area is 92.2 Å². The summed E-state index contributed by atoms with van der Waals surface area (Å²) < 4.78 is 17.8. The molecule has 0 heterocycles. The van der Waals surface area contributed by atoms with Crippen LogP contribution >= 0.6 is 0 Å². The number of methoxy groups -OCH3 is 1. The van der Waals surface area contributed by atoms with Crippen molar-refractivity contribution in [1.82, 2.24) is 0 Å². The number of hydrogen-bond donors (Lipinski definition) is 1. The number of benzene rings is 1. The summed E-state index contributed by atoms with van der Waals surface area (Å²) in [6.45, 7) is 0.